The smallest absolute Gasteiger partial charge is 0.166 e. The van der Waals surface area contributed by atoms with Crippen molar-refractivity contribution in [2.45, 2.75) is 45.2 Å². The van der Waals surface area contributed by atoms with Gasteiger partial charge in [-0.3, -0.25) is 9.80 Å². The van der Waals surface area contributed by atoms with E-state index in [1.165, 1.54) is 0 Å². The van der Waals surface area contributed by atoms with Gasteiger partial charge in [0.05, 0.1) is 11.5 Å². The van der Waals surface area contributed by atoms with Gasteiger partial charge < -0.3 is 0 Å². The molecule has 3 atom stereocenters. The molecule has 3 aliphatic rings. The van der Waals surface area contributed by atoms with Crippen LogP contribution in [0.15, 0.2) is 22.0 Å². The maximum atomic E-state index is 12.4. The van der Waals surface area contributed by atoms with E-state index in [9.17, 15) is 4.79 Å². The van der Waals surface area contributed by atoms with E-state index in [0.29, 0.717) is 0 Å². The molecule has 0 saturated carbocycles. The molecule has 4 heteroatoms. The van der Waals surface area contributed by atoms with Crippen molar-refractivity contribution in [1.29, 1.82) is 0 Å². The quantitative estimate of drug-likeness (QED) is 0.626. The van der Waals surface area contributed by atoms with Gasteiger partial charge in [0.15, 0.2) is 5.78 Å². The SMILES string of the molecule is CC1=C[C@]2(C)N=NN3CCC[C@@](C)(C1=O)[C@@H]32. The van der Waals surface area contributed by atoms with Crippen LogP contribution in [0.2, 0.25) is 0 Å². The number of nitrogens with zero attached hydrogens (tertiary/aromatic N) is 3. The van der Waals surface area contributed by atoms with Crippen molar-refractivity contribution in [3.05, 3.63) is 11.6 Å². The van der Waals surface area contributed by atoms with E-state index < -0.39 is 0 Å². The summed E-state index contributed by atoms with van der Waals surface area (Å²) in [6.07, 6.45) is 3.98. The van der Waals surface area contributed by atoms with Gasteiger partial charge in [-0.25, -0.2) is 0 Å². The molecular weight excluding hydrogens is 202 g/mol. The monoisotopic (exact) mass is 219 g/mol. The lowest BCUT2D eigenvalue weighted by molar-refractivity contribution is -0.132. The van der Waals surface area contributed by atoms with Gasteiger partial charge in [0.25, 0.3) is 0 Å². The molecule has 2 heterocycles. The van der Waals surface area contributed by atoms with Crippen molar-refractivity contribution in [3.8, 4) is 0 Å². The first kappa shape index (κ1) is 10.00. The number of hydrogen-bond donors (Lipinski definition) is 0. The molecule has 3 rings (SSSR count). The van der Waals surface area contributed by atoms with Gasteiger partial charge in [0.2, 0.25) is 0 Å². The Morgan fingerprint density at radius 1 is 1.50 bits per heavy atom. The summed E-state index contributed by atoms with van der Waals surface area (Å²) in [5.74, 6) is 0.284. The molecule has 0 radical (unpaired) electrons. The molecule has 0 spiro atoms. The standard InChI is InChI=1S/C12H17N3O/c1-8-7-12(3)10-11(2,9(8)16)5-4-6-15(10)14-13-12/h7,10H,4-6H2,1-3H3/t10-,11+,12+/m1/s1. The number of rotatable bonds is 0. The molecule has 2 aliphatic heterocycles. The van der Waals surface area contributed by atoms with Crippen LogP contribution in [0.25, 0.3) is 0 Å². The number of piperidine rings is 1. The molecule has 0 unspecified atom stereocenters. The Labute approximate surface area is 95.4 Å². The molecule has 0 aromatic carbocycles. The third-order valence-corrected chi connectivity index (χ3v) is 4.30. The van der Waals surface area contributed by atoms with E-state index in [0.717, 1.165) is 25.0 Å². The van der Waals surface area contributed by atoms with Crippen molar-refractivity contribution in [2.75, 3.05) is 6.54 Å². The molecule has 0 N–H and O–H groups in total. The van der Waals surface area contributed by atoms with Gasteiger partial charge in [-0.05, 0) is 38.3 Å². The number of ketones is 1. The van der Waals surface area contributed by atoms with E-state index in [1.807, 2.05) is 18.0 Å². The Morgan fingerprint density at radius 3 is 3.00 bits per heavy atom. The molecule has 0 aromatic heterocycles. The predicted molar refractivity (Wildman–Crippen MR) is 59.9 cm³/mol. The van der Waals surface area contributed by atoms with E-state index in [1.54, 1.807) is 0 Å². The second-order valence-corrected chi connectivity index (χ2v) is 5.66. The third-order valence-electron chi connectivity index (χ3n) is 4.30. The zero-order valence-corrected chi connectivity index (χ0v) is 10.0. The molecule has 1 saturated heterocycles. The summed E-state index contributed by atoms with van der Waals surface area (Å²) in [6.45, 7) is 7.00. The Kier molecular flexibility index (Phi) is 1.71. The van der Waals surface area contributed by atoms with Gasteiger partial charge in [0.1, 0.15) is 5.54 Å². The minimum Gasteiger partial charge on any atom is -0.294 e. The number of allylic oxidation sites excluding steroid dienone is 1. The molecule has 1 aliphatic carbocycles. The fourth-order valence-electron chi connectivity index (χ4n) is 3.75. The second-order valence-electron chi connectivity index (χ2n) is 5.66. The Bertz CT molecular complexity index is 428. The van der Waals surface area contributed by atoms with Crippen molar-refractivity contribution >= 4 is 5.78 Å². The van der Waals surface area contributed by atoms with Gasteiger partial charge in [-0.1, -0.05) is 12.1 Å². The molecule has 16 heavy (non-hydrogen) atoms. The van der Waals surface area contributed by atoms with Crippen LogP contribution >= 0.6 is 0 Å². The summed E-state index contributed by atoms with van der Waals surface area (Å²) < 4.78 is 0. The second kappa shape index (κ2) is 2.73. The third kappa shape index (κ3) is 0.975. The Morgan fingerprint density at radius 2 is 2.25 bits per heavy atom. The van der Waals surface area contributed by atoms with Gasteiger partial charge >= 0.3 is 0 Å². The van der Waals surface area contributed by atoms with Crippen LogP contribution in [0.1, 0.15) is 33.6 Å². The lowest BCUT2D eigenvalue weighted by Crippen LogP contribution is -2.61. The zero-order chi connectivity index (χ0) is 11.6. The minimum atomic E-state index is -0.298. The van der Waals surface area contributed by atoms with Crippen molar-refractivity contribution < 1.29 is 4.79 Å². The number of Topliss-reactive ketones (excluding diaryl/α,β-unsaturated/α-hetero) is 1. The molecule has 1 fully saturated rings. The maximum Gasteiger partial charge on any atom is 0.166 e. The molecule has 0 aromatic rings. The first-order valence-electron chi connectivity index (χ1n) is 5.91. The summed E-state index contributed by atoms with van der Waals surface area (Å²) in [6, 6.07) is 0.130. The first-order chi connectivity index (χ1) is 7.47. The van der Waals surface area contributed by atoms with Gasteiger partial charge in [-0.15, -0.1) is 0 Å². The molecule has 4 nitrogen and oxygen atoms in total. The number of hydrogen-bond acceptors (Lipinski definition) is 4. The summed E-state index contributed by atoms with van der Waals surface area (Å²) in [7, 11) is 0. The van der Waals surface area contributed by atoms with Crippen LogP contribution in [-0.4, -0.2) is 28.9 Å². The van der Waals surface area contributed by atoms with Gasteiger partial charge in [0, 0.05) is 6.54 Å². The average Bonchev–Trinajstić information content (AvgIpc) is 2.55. The van der Waals surface area contributed by atoms with Crippen molar-refractivity contribution in [2.24, 2.45) is 15.8 Å². The highest BCUT2D eigenvalue weighted by atomic mass is 16.1. The van der Waals surface area contributed by atoms with Crippen LogP contribution in [0.5, 0.6) is 0 Å². The van der Waals surface area contributed by atoms with Crippen LogP contribution in [0.4, 0.5) is 0 Å². The van der Waals surface area contributed by atoms with Crippen LogP contribution < -0.4 is 0 Å². The summed E-state index contributed by atoms with van der Waals surface area (Å²) in [5.41, 5.74) is 0.256. The fourth-order valence-corrected chi connectivity index (χ4v) is 3.75. The summed E-state index contributed by atoms with van der Waals surface area (Å²) in [5, 5.41) is 10.7. The fraction of sp³-hybridized carbons (Fsp3) is 0.750. The van der Waals surface area contributed by atoms with Crippen LogP contribution in [0, 0.1) is 5.41 Å². The van der Waals surface area contributed by atoms with E-state index in [4.69, 9.17) is 0 Å². The Hall–Kier alpha value is -1.19. The highest BCUT2D eigenvalue weighted by molar-refractivity contribution is 6.01. The van der Waals surface area contributed by atoms with Crippen LogP contribution in [-0.2, 0) is 4.79 Å². The molecular formula is C12H17N3O. The highest BCUT2D eigenvalue weighted by Crippen LogP contribution is 2.51. The number of carbonyl (C=O) groups is 1. The van der Waals surface area contributed by atoms with Gasteiger partial charge in [-0.2, -0.15) is 5.11 Å². The van der Waals surface area contributed by atoms with Crippen LogP contribution in [0.3, 0.4) is 0 Å². The summed E-state index contributed by atoms with van der Waals surface area (Å²) in [4.78, 5) is 12.4. The Balaban J connectivity index is 2.19. The lowest BCUT2D eigenvalue weighted by atomic mass is 9.61. The zero-order valence-electron chi connectivity index (χ0n) is 10.0. The maximum absolute atomic E-state index is 12.4. The minimum absolute atomic E-state index is 0.130. The van der Waals surface area contributed by atoms with E-state index >= 15 is 0 Å². The lowest BCUT2D eigenvalue weighted by Gasteiger charge is -2.49. The molecule has 0 bridgehead atoms. The topological polar surface area (TPSA) is 45.0 Å². The predicted octanol–water partition coefficient (Wildman–Crippen LogP) is 2.13. The molecule has 86 valence electrons. The van der Waals surface area contributed by atoms with E-state index in [-0.39, 0.29) is 22.8 Å². The van der Waals surface area contributed by atoms with Crippen molar-refractivity contribution in [1.82, 2.24) is 5.01 Å². The first-order valence-corrected chi connectivity index (χ1v) is 5.91. The molecule has 0 amide bonds. The summed E-state index contributed by atoms with van der Waals surface area (Å²) >= 11 is 0. The van der Waals surface area contributed by atoms with Crippen molar-refractivity contribution in [3.63, 3.8) is 0 Å². The highest BCUT2D eigenvalue weighted by Gasteiger charge is 2.59. The van der Waals surface area contributed by atoms with E-state index in [2.05, 4.69) is 24.2 Å². The largest absolute Gasteiger partial charge is 0.294 e. The average molecular weight is 219 g/mol. The number of carbonyl (C=O) groups excluding carboxylic acids is 1. The normalized spacial score (nSPS) is 45.7.